The minimum absolute atomic E-state index is 0.653. The van der Waals surface area contributed by atoms with Gasteiger partial charge in [-0.25, -0.2) is 0 Å². The Morgan fingerprint density at radius 1 is 0.196 bits per heavy atom. The van der Waals surface area contributed by atoms with E-state index in [1.807, 2.05) is 0 Å². The van der Waals surface area contributed by atoms with Gasteiger partial charge in [-0.3, -0.25) is 0 Å². The van der Waals surface area contributed by atoms with Crippen molar-refractivity contribution in [1.82, 2.24) is 18.3 Å². The number of aromatic nitrogens is 4. The smallest absolute Gasteiger partial charge is 0.0726 e. The van der Waals surface area contributed by atoms with Crippen molar-refractivity contribution in [2.24, 2.45) is 0 Å². The van der Waals surface area contributed by atoms with E-state index in [1.165, 1.54) is 171 Å². The summed E-state index contributed by atoms with van der Waals surface area (Å²) in [4.78, 5) is 0. The van der Waals surface area contributed by atoms with Gasteiger partial charge in [-0.15, -0.1) is 0 Å². The number of aryl methyl sites for hydroxylation is 1. The van der Waals surface area contributed by atoms with E-state index in [-0.39, 0.29) is 0 Å². The molecule has 0 fully saturated rings. The summed E-state index contributed by atoms with van der Waals surface area (Å²) >= 11 is 0. The van der Waals surface area contributed by atoms with Crippen molar-refractivity contribution < 1.29 is 0 Å². The Hall–Kier alpha value is -12.5. The molecule has 0 atom stereocenters. The first-order valence-electron chi connectivity index (χ1n) is 33.9. The van der Waals surface area contributed by atoms with Gasteiger partial charge in [0.2, 0.25) is 0 Å². The summed E-state index contributed by atoms with van der Waals surface area (Å²) in [6, 6.07) is 127. The minimum atomic E-state index is -0.718. The molecule has 0 unspecified atom stereocenters. The molecule has 3 aliphatic rings. The van der Waals surface area contributed by atoms with Crippen molar-refractivity contribution in [3.05, 3.63) is 384 Å². The maximum Gasteiger partial charge on any atom is 0.0726 e. The van der Waals surface area contributed by atoms with Crippen molar-refractivity contribution in [2.75, 3.05) is 0 Å². The Kier molecular flexibility index (Phi) is 10.5. The van der Waals surface area contributed by atoms with Gasteiger partial charge in [0.05, 0.1) is 55.0 Å². The molecule has 4 heteroatoms. The normalized spacial score (nSPS) is 13.8. The van der Waals surface area contributed by atoms with Gasteiger partial charge in [-0.1, -0.05) is 224 Å². The summed E-state index contributed by atoms with van der Waals surface area (Å²) in [5, 5.41) is 10.1. The van der Waals surface area contributed by atoms with Gasteiger partial charge < -0.3 is 18.3 Å². The quantitative estimate of drug-likeness (QED) is 0.158. The molecule has 19 aromatic rings. The van der Waals surface area contributed by atoms with Gasteiger partial charge >= 0.3 is 0 Å². The molecule has 15 aromatic carbocycles. The highest BCUT2D eigenvalue weighted by Gasteiger charge is 2.55. The van der Waals surface area contributed by atoms with Crippen LogP contribution in [0.25, 0.3) is 143 Å². The van der Waals surface area contributed by atoms with Crippen LogP contribution in [0.5, 0.6) is 0 Å². The van der Waals surface area contributed by atoms with E-state index < -0.39 is 10.8 Å². The molecule has 97 heavy (non-hydrogen) atoms. The van der Waals surface area contributed by atoms with E-state index in [9.17, 15) is 0 Å². The Morgan fingerprint density at radius 2 is 0.515 bits per heavy atom. The number of para-hydroxylation sites is 5. The van der Waals surface area contributed by atoms with Crippen LogP contribution in [0.15, 0.2) is 334 Å². The number of rotatable bonds is 6. The van der Waals surface area contributed by atoms with E-state index >= 15 is 0 Å². The molecule has 0 amide bonds. The molecule has 450 valence electrons. The molecule has 4 heterocycles. The molecule has 0 saturated carbocycles. The zero-order valence-electron chi connectivity index (χ0n) is 53.0. The van der Waals surface area contributed by atoms with Crippen LogP contribution in [0.4, 0.5) is 0 Å². The largest absolute Gasteiger partial charge is 0.309 e. The second-order valence-electron chi connectivity index (χ2n) is 27.0. The van der Waals surface area contributed by atoms with Crippen LogP contribution in [0.3, 0.4) is 0 Å². The lowest BCUT2D eigenvalue weighted by atomic mass is 9.66. The first-order chi connectivity index (χ1) is 48.1. The monoisotopic (exact) mass is 1230 g/mol. The zero-order valence-corrected chi connectivity index (χ0v) is 53.0. The first-order valence-corrected chi connectivity index (χ1v) is 33.9. The molecule has 3 aliphatic carbocycles. The molecule has 4 aromatic heterocycles. The molecular weight excluding hydrogens is 1170 g/mol. The van der Waals surface area contributed by atoms with Crippen molar-refractivity contribution >= 4 is 87.2 Å². The highest BCUT2D eigenvalue weighted by molar-refractivity contribution is 6.30. The van der Waals surface area contributed by atoms with E-state index in [0.29, 0.717) is 0 Å². The average Bonchev–Trinajstić information content (AvgIpc) is 1.50. The Balaban J connectivity index is 0.812. The summed E-state index contributed by atoms with van der Waals surface area (Å²) in [5.74, 6) is 0. The summed E-state index contributed by atoms with van der Waals surface area (Å²) in [6.45, 7) is 2.22. The maximum absolute atomic E-state index is 2.65. The fraction of sp³-hybridized carbons (Fsp3) is 0.0323. The van der Waals surface area contributed by atoms with E-state index in [2.05, 4.69) is 359 Å². The molecule has 1 spiro atoms. The second kappa shape index (κ2) is 19.3. The fourth-order valence-corrected chi connectivity index (χ4v) is 18.8. The standard InChI is InChI=1S/C93H58N4/c1-57-42-47-83-73(52-57)91-87(95(83)61-30-12-5-13-31-61)51-50-86-90(91)70-36-18-23-41-82(70)96(86)62-43-45-66-71-56-79-72(55-78(71)92(76(66)53-62,58-24-6-2-7-25-58)59-26-8-3-9-27-59)67-46-44-63(54-77(67)93(79)74-37-19-14-32-64(74)65-33-15-20-38-75(65)93)97-81-40-22-17-35-69(81)89-85(97)49-48-84-88(89)68-34-16-21-39-80(68)94(84)60-28-10-4-11-29-60/h2-56H,1H3. The topological polar surface area (TPSA) is 19.7 Å². The van der Waals surface area contributed by atoms with Gasteiger partial charge in [-0.2, -0.15) is 0 Å². The van der Waals surface area contributed by atoms with E-state index in [0.717, 1.165) is 22.7 Å². The number of hydrogen-bond donors (Lipinski definition) is 0. The lowest BCUT2D eigenvalue weighted by Crippen LogP contribution is -2.29. The molecular formula is C93H58N4. The van der Waals surface area contributed by atoms with Crippen molar-refractivity contribution in [3.63, 3.8) is 0 Å². The fourth-order valence-electron chi connectivity index (χ4n) is 18.8. The van der Waals surface area contributed by atoms with Gasteiger partial charge in [0.1, 0.15) is 0 Å². The van der Waals surface area contributed by atoms with Crippen LogP contribution in [-0.2, 0) is 10.8 Å². The van der Waals surface area contributed by atoms with E-state index in [1.54, 1.807) is 0 Å². The number of fused-ring (bicyclic) bond motifs is 27. The molecule has 4 nitrogen and oxygen atoms in total. The highest BCUT2D eigenvalue weighted by Crippen LogP contribution is 2.67. The van der Waals surface area contributed by atoms with Crippen molar-refractivity contribution in [1.29, 1.82) is 0 Å². The summed E-state index contributed by atoms with van der Waals surface area (Å²) in [5.41, 5.74) is 31.9. The highest BCUT2D eigenvalue weighted by atomic mass is 15.0. The number of benzene rings is 15. The molecule has 22 rings (SSSR count). The van der Waals surface area contributed by atoms with E-state index in [4.69, 9.17) is 0 Å². The predicted octanol–water partition coefficient (Wildman–Crippen LogP) is 23.1. The maximum atomic E-state index is 2.65. The van der Waals surface area contributed by atoms with Crippen LogP contribution >= 0.6 is 0 Å². The molecule has 0 saturated heterocycles. The van der Waals surface area contributed by atoms with Gasteiger partial charge in [0.15, 0.2) is 0 Å². The van der Waals surface area contributed by atoms with Crippen molar-refractivity contribution in [3.8, 4) is 56.1 Å². The third-order valence-corrected chi connectivity index (χ3v) is 22.5. The Labute approximate surface area is 559 Å². The van der Waals surface area contributed by atoms with Crippen LogP contribution in [0.1, 0.15) is 50.1 Å². The Morgan fingerprint density at radius 3 is 0.969 bits per heavy atom. The predicted molar refractivity (Wildman–Crippen MR) is 402 cm³/mol. The van der Waals surface area contributed by atoms with Crippen LogP contribution < -0.4 is 0 Å². The summed E-state index contributed by atoms with van der Waals surface area (Å²) in [6.07, 6.45) is 0. The van der Waals surface area contributed by atoms with Gasteiger partial charge in [0, 0.05) is 65.8 Å². The van der Waals surface area contributed by atoms with Crippen LogP contribution in [-0.4, -0.2) is 18.3 Å². The van der Waals surface area contributed by atoms with Crippen molar-refractivity contribution in [2.45, 2.75) is 17.8 Å². The SMILES string of the molecule is Cc1ccc2c(c1)c1c3c4ccccc4n(-c4ccc5c(c4)C(c4ccccc4)(c4ccccc4)c4cc6c(cc4-5)C4(c5ccccc5-c5ccccc54)c4cc(-n5c7ccccc7c7c8c9ccccc9n(-c9ccccc9)c8ccc75)ccc4-6)c3ccc1n2-c1ccccc1. The third kappa shape index (κ3) is 6.71. The lowest BCUT2D eigenvalue weighted by Gasteiger charge is -2.35. The van der Waals surface area contributed by atoms with Crippen LogP contribution in [0.2, 0.25) is 0 Å². The third-order valence-electron chi connectivity index (χ3n) is 22.5. The first kappa shape index (κ1) is 52.9. The molecule has 0 radical (unpaired) electrons. The lowest BCUT2D eigenvalue weighted by molar-refractivity contribution is 0.764. The van der Waals surface area contributed by atoms with Gasteiger partial charge in [0.25, 0.3) is 0 Å². The second-order valence-corrected chi connectivity index (χ2v) is 27.0. The van der Waals surface area contributed by atoms with Gasteiger partial charge in [-0.05, 0) is 200 Å². The summed E-state index contributed by atoms with van der Waals surface area (Å²) in [7, 11) is 0. The Bertz CT molecular complexity index is 6530. The average molecular weight is 1230 g/mol. The zero-order chi connectivity index (χ0) is 63.4. The van der Waals surface area contributed by atoms with Crippen LogP contribution in [0, 0.1) is 6.92 Å². The number of hydrogen-bond acceptors (Lipinski definition) is 0. The minimum Gasteiger partial charge on any atom is -0.309 e. The molecule has 0 aliphatic heterocycles. The summed E-state index contributed by atoms with van der Waals surface area (Å²) < 4.78 is 9.99. The number of nitrogens with zero attached hydrogens (tertiary/aromatic N) is 4. The molecule has 0 N–H and O–H groups in total. The molecule has 0 bridgehead atoms.